The van der Waals surface area contributed by atoms with Crippen LogP contribution in [0.15, 0.2) is 24.3 Å². The summed E-state index contributed by atoms with van der Waals surface area (Å²) in [7, 11) is 0. The minimum absolute atomic E-state index is 0.207. The molecular formula is C18H26N2O. The van der Waals surface area contributed by atoms with Gasteiger partial charge in [-0.25, -0.2) is 0 Å². The summed E-state index contributed by atoms with van der Waals surface area (Å²) >= 11 is 0. The van der Waals surface area contributed by atoms with Crippen molar-refractivity contribution in [2.75, 3.05) is 16.8 Å². The molecule has 21 heavy (non-hydrogen) atoms. The molecule has 0 radical (unpaired) electrons. The Kier molecular flexibility index (Phi) is 4.47. The molecule has 1 aliphatic carbocycles. The summed E-state index contributed by atoms with van der Waals surface area (Å²) in [4.78, 5) is 14.6. The number of hydrogen-bond acceptors (Lipinski definition) is 2. The highest BCUT2D eigenvalue weighted by atomic mass is 16.2. The quantitative estimate of drug-likeness (QED) is 0.903. The van der Waals surface area contributed by atoms with Crippen LogP contribution in [0.25, 0.3) is 0 Å². The first-order chi connectivity index (χ1) is 10.2. The summed E-state index contributed by atoms with van der Waals surface area (Å²) in [5.74, 6) is 1.07. The van der Waals surface area contributed by atoms with E-state index in [-0.39, 0.29) is 11.9 Å². The molecule has 1 unspecified atom stereocenters. The molecule has 0 bridgehead atoms. The van der Waals surface area contributed by atoms with Crippen molar-refractivity contribution in [3.8, 4) is 0 Å². The highest BCUT2D eigenvalue weighted by molar-refractivity contribution is 5.98. The van der Waals surface area contributed by atoms with Crippen molar-refractivity contribution in [3.05, 3.63) is 24.3 Å². The van der Waals surface area contributed by atoms with Crippen LogP contribution in [-0.4, -0.2) is 18.5 Å². The lowest BCUT2D eigenvalue weighted by atomic mass is 9.87. The maximum Gasteiger partial charge on any atom is 0.229 e. The van der Waals surface area contributed by atoms with Gasteiger partial charge in [-0.1, -0.05) is 44.2 Å². The van der Waals surface area contributed by atoms with E-state index in [0.29, 0.717) is 6.42 Å². The van der Waals surface area contributed by atoms with Gasteiger partial charge < -0.3 is 10.2 Å². The predicted molar refractivity (Wildman–Crippen MR) is 87.7 cm³/mol. The molecule has 0 aromatic heterocycles. The summed E-state index contributed by atoms with van der Waals surface area (Å²) in [6.07, 6.45) is 8.55. The van der Waals surface area contributed by atoms with E-state index in [1.807, 2.05) is 17.0 Å². The number of fused-ring (bicyclic) bond motifs is 1. The molecule has 1 aliphatic heterocycles. The topological polar surface area (TPSA) is 32.3 Å². The second-order valence-electron chi connectivity index (χ2n) is 6.60. The van der Waals surface area contributed by atoms with Crippen molar-refractivity contribution in [2.45, 2.75) is 57.9 Å². The Labute approximate surface area is 127 Å². The molecule has 1 amide bonds. The first-order valence-corrected chi connectivity index (χ1v) is 8.40. The SMILES string of the molecule is CC1CC(=O)N(CCC2CCCCC2)c2ccccc2N1. The van der Waals surface area contributed by atoms with Crippen LogP contribution in [0.1, 0.15) is 51.9 Å². The van der Waals surface area contributed by atoms with Gasteiger partial charge in [-0.3, -0.25) is 4.79 Å². The van der Waals surface area contributed by atoms with Crippen molar-refractivity contribution < 1.29 is 4.79 Å². The normalized spacial score (nSPS) is 23.4. The van der Waals surface area contributed by atoms with Gasteiger partial charge in [-0.15, -0.1) is 0 Å². The zero-order chi connectivity index (χ0) is 14.7. The molecule has 2 aliphatic rings. The van der Waals surface area contributed by atoms with Gasteiger partial charge in [-0.2, -0.15) is 0 Å². The number of carbonyl (C=O) groups excluding carboxylic acids is 1. The van der Waals surface area contributed by atoms with Gasteiger partial charge in [0.15, 0.2) is 0 Å². The van der Waals surface area contributed by atoms with Crippen LogP contribution in [0.3, 0.4) is 0 Å². The molecule has 1 heterocycles. The van der Waals surface area contributed by atoms with E-state index in [4.69, 9.17) is 0 Å². The Bertz CT molecular complexity index is 494. The van der Waals surface area contributed by atoms with Crippen molar-refractivity contribution in [2.24, 2.45) is 5.92 Å². The smallest absolute Gasteiger partial charge is 0.229 e. The number of para-hydroxylation sites is 2. The number of nitrogens with one attached hydrogen (secondary N) is 1. The summed E-state index contributed by atoms with van der Waals surface area (Å²) in [5, 5.41) is 3.46. The Morgan fingerprint density at radius 3 is 2.76 bits per heavy atom. The van der Waals surface area contributed by atoms with E-state index >= 15 is 0 Å². The molecule has 3 rings (SSSR count). The van der Waals surface area contributed by atoms with Gasteiger partial charge in [0.2, 0.25) is 5.91 Å². The van der Waals surface area contributed by atoms with Gasteiger partial charge in [0.05, 0.1) is 11.4 Å². The molecule has 1 N–H and O–H groups in total. The summed E-state index contributed by atoms with van der Waals surface area (Å²) in [5.41, 5.74) is 2.15. The lowest BCUT2D eigenvalue weighted by Crippen LogP contribution is -2.33. The number of benzene rings is 1. The number of carbonyl (C=O) groups is 1. The van der Waals surface area contributed by atoms with Crippen molar-refractivity contribution in [1.29, 1.82) is 0 Å². The molecule has 1 atom stereocenters. The van der Waals surface area contributed by atoms with E-state index in [1.54, 1.807) is 0 Å². The minimum Gasteiger partial charge on any atom is -0.380 e. The standard InChI is InChI=1S/C18H26N2O/c1-14-13-18(21)20(12-11-15-7-3-2-4-8-15)17-10-6-5-9-16(17)19-14/h5-6,9-10,14-15,19H,2-4,7-8,11-13H2,1H3. The van der Waals surface area contributed by atoms with Crippen LogP contribution in [0.2, 0.25) is 0 Å². The molecule has 1 aromatic carbocycles. The first-order valence-electron chi connectivity index (χ1n) is 8.40. The van der Waals surface area contributed by atoms with Gasteiger partial charge >= 0.3 is 0 Å². The second kappa shape index (κ2) is 6.50. The van der Waals surface area contributed by atoms with E-state index in [1.165, 1.54) is 32.1 Å². The fourth-order valence-electron chi connectivity index (χ4n) is 3.69. The van der Waals surface area contributed by atoms with Gasteiger partial charge in [0, 0.05) is 19.0 Å². The Morgan fingerprint density at radius 2 is 1.95 bits per heavy atom. The second-order valence-corrected chi connectivity index (χ2v) is 6.60. The molecule has 1 fully saturated rings. The number of amides is 1. The molecule has 114 valence electrons. The lowest BCUT2D eigenvalue weighted by Gasteiger charge is -2.27. The number of rotatable bonds is 3. The number of nitrogens with zero attached hydrogens (tertiary/aromatic N) is 1. The van der Waals surface area contributed by atoms with Crippen LogP contribution in [0.4, 0.5) is 11.4 Å². The van der Waals surface area contributed by atoms with Crippen LogP contribution >= 0.6 is 0 Å². The lowest BCUT2D eigenvalue weighted by molar-refractivity contribution is -0.118. The third-order valence-electron chi connectivity index (χ3n) is 4.86. The van der Waals surface area contributed by atoms with Crippen LogP contribution in [-0.2, 0) is 4.79 Å². The third kappa shape index (κ3) is 3.39. The van der Waals surface area contributed by atoms with Gasteiger partial charge in [0.1, 0.15) is 0 Å². The summed E-state index contributed by atoms with van der Waals surface area (Å²) < 4.78 is 0. The molecule has 0 saturated heterocycles. The zero-order valence-electron chi connectivity index (χ0n) is 13.0. The summed E-state index contributed by atoms with van der Waals surface area (Å²) in [6, 6.07) is 8.42. The van der Waals surface area contributed by atoms with Gasteiger partial charge in [-0.05, 0) is 31.4 Å². The van der Waals surface area contributed by atoms with Crippen molar-refractivity contribution in [3.63, 3.8) is 0 Å². The number of hydrogen-bond donors (Lipinski definition) is 1. The van der Waals surface area contributed by atoms with E-state index in [0.717, 1.165) is 30.3 Å². The Balaban J connectivity index is 1.74. The molecule has 1 aromatic rings. The molecule has 0 spiro atoms. The van der Waals surface area contributed by atoms with Crippen LogP contribution < -0.4 is 10.2 Å². The predicted octanol–water partition coefficient (Wildman–Crippen LogP) is 4.19. The van der Waals surface area contributed by atoms with E-state index < -0.39 is 0 Å². The minimum atomic E-state index is 0.207. The largest absolute Gasteiger partial charge is 0.380 e. The zero-order valence-corrected chi connectivity index (χ0v) is 13.0. The van der Waals surface area contributed by atoms with Gasteiger partial charge in [0.25, 0.3) is 0 Å². The molecule has 1 saturated carbocycles. The highest BCUT2D eigenvalue weighted by Crippen LogP contribution is 2.32. The molecular weight excluding hydrogens is 260 g/mol. The average Bonchev–Trinajstić information content (AvgIpc) is 2.61. The van der Waals surface area contributed by atoms with E-state index in [2.05, 4.69) is 24.4 Å². The fraction of sp³-hybridized carbons (Fsp3) is 0.611. The summed E-state index contributed by atoms with van der Waals surface area (Å²) in [6.45, 7) is 2.95. The highest BCUT2D eigenvalue weighted by Gasteiger charge is 2.25. The number of anilines is 2. The Morgan fingerprint density at radius 1 is 1.19 bits per heavy atom. The van der Waals surface area contributed by atoms with Crippen LogP contribution in [0.5, 0.6) is 0 Å². The van der Waals surface area contributed by atoms with Crippen molar-refractivity contribution in [1.82, 2.24) is 0 Å². The van der Waals surface area contributed by atoms with Crippen LogP contribution in [0, 0.1) is 5.92 Å². The molecule has 3 heteroatoms. The fourth-order valence-corrected chi connectivity index (χ4v) is 3.69. The maximum absolute atomic E-state index is 12.5. The van der Waals surface area contributed by atoms with Crippen molar-refractivity contribution >= 4 is 17.3 Å². The average molecular weight is 286 g/mol. The monoisotopic (exact) mass is 286 g/mol. The maximum atomic E-state index is 12.5. The van der Waals surface area contributed by atoms with E-state index in [9.17, 15) is 4.79 Å². The third-order valence-corrected chi connectivity index (χ3v) is 4.86. The Hall–Kier alpha value is -1.51. The molecule has 3 nitrogen and oxygen atoms in total. The first kappa shape index (κ1) is 14.4.